The molecule has 0 aromatic carbocycles. The third kappa shape index (κ3) is 2.24. The van der Waals surface area contributed by atoms with Gasteiger partial charge in [-0.15, -0.1) is 0 Å². The Kier molecular flexibility index (Phi) is 3.42. The van der Waals surface area contributed by atoms with E-state index >= 15 is 0 Å². The van der Waals surface area contributed by atoms with Crippen LogP contribution >= 0.6 is 0 Å². The molecular weight excluding hydrogens is 240 g/mol. The Morgan fingerprint density at radius 3 is 1.75 bits per heavy atom. The molecule has 0 nitrogen and oxygen atoms in total. The van der Waals surface area contributed by atoms with Crippen LogP contribution in [0.25, 0.3) is 0 Å². The van der Waals surface area contributed by atoms with Gasteiger partial charge in [0.1, 0.15) is 0 Å². The molecule has 0 amide bonds. The Labute approximate surface area is 123 Å². The summed E-state index contributed by atoms with van der Waals surface area (Å²) in [5.74, 6) is 1.82. The predicted octanol–water partition coefficient (Wildman–Crippen LogP) is 5.88. The summed E-state index contributed by atoms with van der Waals surface area (Å²) in [6, 6.07) is 0. The van der Waals surface area contributed by atoms with Crippen LogP contribution in [0, 0.1) is 11.8 Å². The Balaban J connectivity index is 1.41. The van der Waals surface area contributed by atoms with Crippen LogP contribution in [-0.4, -0.2) is 0 Å². The van der Waals surface area contributed by atoms with Crippen molar-refractivity contribution in [2.45, 2.75) is 64.2 Å². The van der Waals surface area contributed by atoms with E-state index < -0.39 is 0 Å². The van der Waals surface area contributed by atoms with E-state index in [0.29, 0.717) is 0 Å². The molecule has 0 bridgehead atoms. The van der Waals surface area contributed by atoms with Crippen molar-refractivity contribution in [3.05, 3.63) is 46.6 Å². The van der Waals surface area contributed by atoms with Crippen LogP contribution < -0.4 is 0 Å². The standard InChI is InChI=1S/C20H26/c1-5-15-9-3-11-19(15)17(7-1)13-14-18-8-2-6-16-10-4-12-20(16)18/h3-4,9-10,17-18H,1-2,5-8,11-14H2/t17-,18?/m1/s1. The number of rotatable bonds is 3. The summed E-state index contributed by atoms with van der Waals surface area (Å²) in [6.07, 6.45) is 23.5. The zero-order valence-corrected chi connectivity index (χ0v) is 12.5. The summed E-state index contributed by atoms with van der Waals surface area (Å²) in [5.41, 5.74) is 7.02. The van der Waals surface area contributed by atoms with Gasteiger partial charge in [-0.05, 0) is 87.2 Å². The molecule has 0 aliphatic heterocycles. The largest absolute Gasteiger partial charge is 0.0802 e. The first-order chi connectivity index (χ1) is 9.92. The van der Waals surface area contributed by atoms with Crippen LogP contribution in [-0.2, 0) is 0 Å². The number of allylic oxidation sites excluding steroid dienone is 8. The highest BCUT2D eigenvalue weighted by atomic mass is 14.3. The molecule has 0 radical (unpaired) electrons. The normalized spacial score (nSPS) is 32.0. The van der Waals surface area contributed by atoms with Gasteiger partial charge in [-0.25, -0.2) is 0 Å². The average molecular weight is 266 g/mol. The van der Waals surface area contributed by atoms with Crippen molar-refractivity contribution < 1.29 is 0 Å². The molecule has 106 valence electrons. The van der Waals surface area contributed by atoms with Crippen molar-refractivity contribution in [3.8, 4) is 0 Å². The van der Waals surface area contributed by atoms with Gasteiger partial charge < -0.3 is 0 Å². The minimum absolute atomic E-state index is 0.911. The first-order valence-electron chi connectivity index (χ1n) is 8.69. The molecule has 0 fully saturated rings. The van der Waals surface area contributed by atoms with Crippen LogP contribution in [0.4, 0.5) is 0 Å². The van der Waals surface area contributed by atoms with Crippen molar-refractivity contribution in [1.82, 2.24) is 0 Å². The van der Waals surface area contributed by atoms with Crippen molar-refractivity contribution in [1.29, 1.82) is 0 Å². The van der Waals surface area contributed by atoms with Crippen LogP contribution in [0.15, 0.2) is 46.6 Å². The molecule has 0 spiro atoms. The Bertz CT molecular complexity index is 464. The third-order valence-electron chi connectivity index (χ3n) is 5.99. The second-order valence-corrected chi connectivity index (χ2v) is 7.07. The fourth-order valence-electron chi connectivity index (χ4n) is 4.94. The maximum absolute atomic E-state index is 2.41. The van der Waals surface area contributed by atoms with Gasteiger partial charge in [-0.2, -0.15) is 0 Å². The lowest BCUT2D eigenvalue weighted by atomic mass is 9.76. The van der Waals surface area contributed by atoms with Crippen molar-refractivity contribution >= 4 is 0 Å². The molecule has 0 heterocycles. The SMILES string of the molecule is C1=CC2=C(C1)C(CC[C@H]1CCCC3=C1CC=C3)CCC2. The molecule has 2 atom stereocenters. The number of hydrogen-bond donors (Lipinski definition) is 0. The molecule has 0 heteroatoms. The van der Waals surface area contributed by atoms with Gasteiger partial charge in [0.2, 0.25) is 0 Å². The van der Waals surface area contributed by atoms with Gasteiger partial charge in [0.05, 0.1) is 0 Å². The maximum atomic E-state index is 2.41. The lowest BCUT2D eigenvalue weighted by Crippen LogP contribution is -2.15. The highest BCUT2D eigenvalue weighted by molar-refractivity contribution is 5.38. The second kappa shape index (κ2) is 5.39. The van der Waals surface area contributed by atoms with Crippen LogP contribution in [0.3, 0.4) is 0 Å². The zero-order valence-electron chi connectivity index (χ0n) is 12.5. The summed E-state index contributed by atoms with van der Waals surface area (Å²) < 4.78 is 0. The molecule has 20 heavy (non-hydrogen) atoms. The fraction of sp³-hybridized carbons (Fsp3) is 0.600. The van der Waals surface area contributed by atoms with Crippen LogP contribution in [0.5, 0.6) is 0 Å². The topological polar surface area (TPSA) is 0 Å². The monoisotopic (exact) mass is 266 g/mol. The Morgan fingerprint density at radius 2 is 1.25 bits per heavy atom. The molecule has 0 N–H and O–H groups in total. The van der Waals surface area contributed by atoms with E-state index in [1.165, 1.54) is 64.2 Å². The molecule has 1 unspecified atom stereocenters. The molecule has 0 aromatic rings. The highest BCUT2D eigenvalue weighted by Crippen LogP contribution is 2.43. The Hall–Kier alpha value is -1.04. The van der Waals surface area contributed by atoms with Gasteiger partial charge in [0.15, 0.2) is 0 Å². The molecule has 4 aliphatic rings. The summed E-state index contributed by atoms with van der Waals surface area (Å²) in [4.78, 5) is 0. The van der Waals surface area contributed by atoms with Crippen LogP contribution in [0.2, 0.25) is 0 Å². The quantitative estimate of drug-likeness (QED) is 0.598. The van der Waals surface area contributed by atoms with Crippen molar-refractivity contribution in [3.63, 3.8) is 0 Å². The van der Waals surface area contributed by atoms with Gasteiger partial charge in [-0.3, -0.25) is 0 Å². The third-order valence-corrected chi connectivity index (χ3v) is 5.99. The minimum Gasteiger partial charge on any atom is -0.0802 e. The summed E-state index contributed by atoms with van der Waals surface area (Å²) in [6.45, 7) is 0. The lowest BCUT2D eigenvalue weighted by Gasteiger charge is -2.29. The van der Waals surface area contributed by atoms with E-state index in [1.807, 2.05) is 11.1 Å². The van der Waals surface area contributed by atoms with Gasteiger partial charge in [-0.1, -0.05) is 35.5 Å². The summed E-state index contributed by atoms with van der Waals surface area (Å²) in [7, 11) is 0. The molecule has 0 saturated carbocycles. The smallest absolute Gasteiger partial charge is 0.0127 e. The average Bonchev–Trinajstić information content (AvgIpc) is 3.13. The molecule has 0 aromatic heterocycles. The lowest BCUT2D eigenvalue weighted by molar-refractivity contribution is 0.386. The number of hydrogen-bond acceptors (Lipinski definition) is 0. The van der Waals surface area contributed by atoms with Crippen LogP contribution in [0.1, 0.15) is 64.2 Å². The predicted molar refractivity (Wildman–Crippen MR) is 85.5 cm³/mol. The van der Waals surface area contributed by atoms with E-state index in [1.54, 1.807) is 11.1 Å². The zero-order chi connectivity index (χ0) is 13.4. The highest BCUT2D eigenvalue weighted by Gasteiger charge is 2.27. The first kappa shape index (κ1) is 12.7. The van der Waals surface area contributed by atoms with E-state index in [9.17, 15) is 0 Å². The summed E-state index contributed by atoms with van der Waals surface area (Å²) >= 11 is 0. The van der Waals surface area contributed by atoms with E-state index in [0.717, 1.165) is 11.8 Å². The molecule has 4 rings (SSSR count). The second-order valence-electron chi connectivity index (χ2n) is 7.07. The minimum atomic E-state index is 0.911. The maximum Gasteiger partial charge on any atom is -0.0127 e. The van der Waals surface area contributed by atoms with Crippen molar-refractivity contribution in [2.24, 2.45) is 11.8 Å². The molecule has 0 saturated heterocycles. The molecule has 4 aliphatic carbocycles. The molecular formula is C20H26. The van der Waals surface area contributed by atoms with Gasteiger partial charge >= 0.3 is 0 Å². The van der Waals surface area contributed by atoms with E-state index in [2.05, 4.69) is 24.3 Å². The Morgan fingerprint density at radius 1 is 0.750 bits per heavy atom. The van der Waals surface area contributed by atoms with Crippen molar-refractivity contribution in [2.75, 3.05) is 0 Å². The van der Waals surface area contributed by atoms with Gasteiger partial charge in [0.25, 0.3) is 0 Å². The first-order valence-corrected chi connectivity index (χ1v) is 8.69. The fourth-order valence-corrected chi connectivity index (χ4v) is 4.94. The van der Waals surface area contributed by atoms with Gasteiger partial charge in [0, 0.05) is 0 Å². The van der Waals surface area contributed by atoms with E-state index in [4.69, 9.17) is 0 Å². The summed E-state index contributed by atoms with van der Waals surface area (Å²) in [5, 5.41) is 0. The van der Waals surface area contributed by atoms with E-state index in [-0.39, 0.29) is 0 Å².